The van der Waals surface area contributed by atoms with E-state index >= 15 is 0 Å². The van der Waals surface area contributed by atoms with E-state index in [0.29, 0.717) is 12.8 Å². The van der Waals surface area contributed by atoms with Gasteiger partial charge in [0.25, 0.3) is 0 Å². The summed E-state index contributed by atoms with van der Waals surface area (Å²) in [5, 5.41) is 0. The largest absolute Gasteiger partial charge is 0.303 e. The van der Waals surface area contributed by atoms with Gasteiger partial charge in [0.1, 0.15) is 6.29 Å². The lowest BCUT2D eigenvalue weighted by atomic mass is 9.63. The van der Waals surface area contributed by atoms with E-state index in [1.54, 1.807) is 0 Å². The van der Waals surface area contributed by atoms with Crippen molar-refractivity contribution in [2.24, 2.45) is 11.8 Å². The van der Waals surface area contributed by atoms with Crippen molar-refractivity contribution in [3.8, 4) is 0 Å². The van der Waals surface area contributed by atoms with Gasteiger partial charge in [-0.15, -0.1) is 0 Å². The Morgan fingerprint density at radius 1 is 1.26 bits per heavy atom. The van der Waals surface area contributed by atoms with Gasteiger partial charge in [-0.25, -0.2) is 8.78 Å². The molecule has 1 spiro atoms. The van der Waals surface area contributed by atoms with Gasteiger partial charge >= 0.3 is 0 Å². The molecule has 1 saturated carbocycles. The molecule has 0 aliphatic heterocycles. The normalized spacial score (nSPS) is 33.6. The molecule has 0 aromatic heterocycles. The number of fused-ring (bicyclic) bond motifs is 2. The number of rotatable bonds is 2. The SMILES string of the molecule is O=CC1CC2(CCc3ccccc32)CCC1C(F)F. The molecule has 0 heterocycles. The van der Waals surface area contributed by atoms with Crippen LogP contribution in [0.3, 0.4) is 0 Å². The summed E-state index contributed by atoms with van der Waals surface area (Å²) >= 11 is 0. The van der Waals surface area contributed by atoms with Gasteiger partial charge in [0.2, 0.25) is 6.43 Å². The highest BCUT2D eigenvalue weighted by Gasteiger charge is 2.47. The van der Waals surface area contributed by atoms with E-state index in [1.807, 2.05) is 12.1 Å². The van der Waals surface area contributed by atoms with E-state index in [9.17, 15) is 13.6 Å². The molecule has 3 atom stereocenters. The Kier molecular flexibility index (Phi) is 3.15. The number of benzene rings is 1. The Balaban J connectivity index is 1.91. The average Bonchev–Trinajstić information content (AvgIpc) is 2.78. The minimum Gasteiger partial charge on any atom is -0.303 e. The molecule has 0 saturated heterocycles. The van der Waals surface area contributed by atoms with Crippen molar-refractivity contribution in [3.63, 3.8) is 0 Å². The van der Waals surface area contributed by atoms with E-state index in [0.717, 1.165) is 25.5 Å². The highest BCUT2D eigenvalue weighted by atomic mass is 19.3. The number of hydrogen-bond donors (Lipinski definition) is 0. The summed E-state index contributed by atoms with van der Waals surface area (Å²) in [6, 6.07) is 8.28. The Bertz CT molecular complexity index is 485. The lowest BCUT2D eigenvalue weighted by Gasteiger charge is -2.41. The summed E-state index contributed by atoms with van der Waals surface area (Å²) in [5.74, 6) is -1.23. The van der Waals surface area contributed by atoms with Crippen LogP contribution < -0.4 is 0 Å². The van der Waals surface area contributed by atoms with E-state index in [2.05, 4.69) is 12.1 Å². The smallest absolute Gasteiger partial charge is 0.242 e. The molecule has 0 amide bonds. The van der Waals surface area contributed by atoms with Crippen molar-refractivity contribution >= 4 is 6.29 Å². The fourth-order valence-electron chi connectivity index (χ4n) is 4.06. The van der Waals surface area contributed by atoms with Crippen molar-refractivity contribution in [3.05, 3.63) is 35.4 Å². The molecule has 1 nitrogen and oxygen atoms in total. The molecular weight excluding hydrogens is 246 g/mol. The molecule has 102 valence electrons. The quantitative estimate of drug-likeness (QED) is 0.743. The van der Waals surface area contributed by atoms with Crippen molar-refractivity contribution < 1.29 is 13.6 Å². The number of aryl methyl sites for hydroxylation is 1. The minimum atomic E-state index is -2.37. The number of aldehydes is 1. The molecule has 1 fully saturated rings. The maximum Gasteiger partial charge on any atom is 0.242 e. The van der Waals surface area contributed by atoms with E-state index in [4.69, 9.17) is 0 Å². The maximum atomic E-state index is 13.0. The van der Waals surface area contributed by atoms with Crippen molar-refractivity contribution in [2.45, 2.75) is 43.9 Å². The van der Waals surface area contributed by atoms with Crippen LogP contribution in [0.25, 0.3) is 0 Å². The molecular formula is C16H18F2O. The second-order valence-corrected chi connectivity index (χ2v) is 5.98. The first-order valence-electron chi connectivity index (χ1n) is 6.98. The Morgan fingerprint density at radius 2 is 2.05 bits per heavy atom. The van der Waals surface area contributed by atoms with Gasteiger partial charge < -0.3 is 4.79 Å². The summed E-state index contributed by atoms with van der Waals surface area (Å²) in [6.07, 6.45) is 2.28. The molecule has 3 heteroatoms. The van der Waals surface area contributed by atoms with E-state index in [-0.39, 0.29) is 5.41 Å². The minimum absolute atomic E-state index is 0.0203. The Hall–Kier alpha value is -1.25. The molecule has 3 unspecified atom stereocenters. The molecule has 0 N–H and O–H groups in total. The molecule has 2 aliphatic carbocycles. The lowest BCUT2D eigenvalue weighted by Crippen LogP contribution is -2.39. The number of hydrogen-bond acceptors (Lipinski definition) is 1. The van der Waals surface area contributed by atoms with Crippen LogP contribution in [0.2, 0.25) is 0 Å². The second kappa shape index (κ2) is 4.69. The summed E-state index contributed by atoms with van der Waals surface area (Å²) < 4.78 is 25.9. The summed E-state index contributed by atoms with van der Waals surface area (Å²) in [4.78, 5) is 11.2. The zero-order valence-corrected chi connectivity index (χ0v) is 10.8. The van der Waals surface area contributed by atoms with Crippen molar-refractivity contribution in [1.29, 1.82) is 0 Å². The first-order chi connectivity index (χ1) is 9.16. The first-order valence-corrected chi connectivity index (χ1v) is 6.98. The van der Waals surface area contributed by atoms with Crippen LogP contribution in [0.5, 0.6) is 0 Å². The third kappa shape index (κ3) is 1.99. The van der Waals surface area contributed by atoms with Crippen molar-refractivity contribution in [1.82, 2.24) is 0 Å². The molecule has 0 bridgehead atoms. The van der Waals surface area contributed by atoms with Gasteiger partial charge in [-0.3, -0.25) is 0 Å². The van der Waals surface area contributed by atoms with Gasteiger partial charge in [-0.1, -0.05) is 24.3 Å². The fourth-order valence-corrected chi connectivity index (χ4v) is 4.06. The zero-order valence-electron chi connectivity index (χ0n) is 10.8. The maximum absolute atomic E-state index is 13.0. The van der Waals surface area contributed by atoms with Crippen LogP contribution >= 0.6 is 0 Å². The highest BCUT2D eigenvalue weighted by molar-refractivity contribution is 5.56. The number of carbonyl (C=O) groups is 1. The highest BCUT2D eigenvalue weighted by Crippen LogP contribution is 2.52. The molecule has 3 rings (SSSR count). The fraction of sp³-hybridized carbons (Fsp3) is 0.562. The predicted molar refractivity (Wildman–Crippen MR) is 69.3 cm³/mol. The summed E-state index contributed by atoms with van der Waals surface area (Å²) in [6.45, 7) is 0. The van der Waals surface area contributed by atoms with Gasteiger partial charge in [-0.2, -0.15) is 0 Å². The van der Waals surface area contributed by atoms with Crippen LogP contribution in [-0.4, -0.2) is 12.7 Å². The third-order valence-corrected chi connectivity index (χ3v) is 5.09. The van der Waals surface area contributed by atoms with Crippen LogP contribution in [0, 0.1) is 11.8 Å². The van der Waals surface area contributed by atoms with Crippen LogP contribution in [0.1, 0.15) is 36.8 Å². The molecule has 19 heavy (non-hydrogen) atoms. The van der Waals surface area contributed by atoms with Gasteiger partial charge in [0, 0.05) is 11.8 Å². The predicted octanol–water partition coefficient (Wildman–Crippen LogP) is 3.75. The average molecular weight is 264 g/mol. The number of halogens is 2. The van der Waals surface area contributed by atoms with Crippen molar-refractivity contribution in [2.75, 3.05) is 0 Å². The van der Waals surface area contributed by atoms with Crippen LogP contribution in [-0.2, 0) is 16.6 Å². The first kappa shape index (κ1) is 12.8. The third-order valence-electron chi connectivity index (χ3n) is 5.09. The standard InChI is InChI=1S/C16H18F2O/c17-15(18)13-6-8-16(9-12(13)10-19)7-5-11-3-1-2-4-14(11)16/h1-4,10,12-13,15H,5-9H2. The van der Waals surface area contributed by atoms with Gasteiger partial charge in [0.15, 0.2) is 0 Å². The van der Waals surface area contributed by atoms with Crippen LogP contribution in [0.4, 0.5) is 8.78 Å². The Labute approximate surface area is 112 Å². The summed E-state index contributed by atoms with van der Waals surface area (Å²) in [5.41, 5.74) is 2.62. The topological polar surface area (TPSA) is 17.1 Å². The molecule has 2 aliphatic rings. The van der Waals surface area contributed by atoms with E-state index < -0.39 is 18.3 Å². The molecule has 1 aromatic carbocycles. The zero-order chi connectivity index (χ0) is 13.5. The van der Waals surface area contributed by atoms with Crippen LogP contribution in [0.15, 0.2) is 24.3 Å². The second-order valence-electron chi connectivity index (χ2n) is 5.98. The van der Waals surface area contributed by atoms with Gasteiger partial charge in [0.05, 0.1) is 0 Å². The monoisotopic (exact) mass is 264 g/mol. The molecule has 0 radical (unpaired) electrons. The summed E-state index contributed by atoms with van der Waals surface area (Å²) in [7, 11) is 0. The molecule has 1 aromatic rings. The van der Waals surface area contributed by atoms with Gasteiger partial charge in [-0.05, 0) is 48.6 Å². The Morgan fingerprint density at radius 3 is 2.79 bits per heavy atom. The van der Waals surface area contributed by atoms with E-state index in [1.165, 1.54) is 11.1 Å². The number of alkyl halides is 2. The number of carbonyl (C=O) groups excluding carboxylic acids is 1. The lowest BCUT2D eigenvalue weighted by molar-refractivity contribution is -0.118.